The van der Waals surface area contributed by atoms with Gasteiger partial charge in [-0.3, -0.25) is 0 Å². The van der Waals surface area contributed by atoms with Crippen LogP contribution in [0.2, 0.25) is 0 Å². The standard InChI is InChI=1S/C28H54O2/c1-5-6-7-8-9-10-11-14-17-20-23-27(4)24-21-18-15-12-13-16-19-22-25-30-28(29)26(2)3/h27H,2,5-25H2,1,3-4H3. The molecule has 0 aromatic carbocycles. The van der Waals surface area contributed by atoms with Gasteiger partial charge in [-0.2, -0.15) is 0 Å². The van der Waals surface area contributed by atoms with E-state index in [0.717, 1.165) is 12.3 Å². The van der Waals surface area contributed by atoms with Crippen LogP contribution in [0, 0.1) is 5.92 Å². The summed E-state index contributed by atoms with van der Waals surface area (Å²) < 4.78 is 5.12. The molecule has 0 amide bonds. The largest absolute Gasteiger partial charge is 0.462 e. The number of esters is 1. The molecule has 0 spiro atoms. The minimum Gasteiger partial charge on any atom is -0.462 e. The molecule has 0 N–H and O–H groups in total. The van der Waals surface area contributed by atoms with Gasteiger partial charge in [-0.05, 0) is 19.3 Å². The molecule has 30 heavy (non-hydrogen) atoms. The van der Waals surface area contributed by atoms with Gasteiger partial charge in [-0.25, -0.2) is 4.79 Å². The molecule has 0 radical (unpaired) electrons. The van der Waals surface area contributed by atoms with E-state index in [9.17, 15) is 4.79 Å². The molecule has 0 aliphatic heterocycles. The number of hydrogen-bond donors (Lipinski definition) is 0. The van der Waals surface area contributed by atoms with Crippen LogP contribution in [0.5, 0.6) is 0 Å². The number of rotatable bonds is 23. The van der Waals surface area contributed by atoms with E-state index in [0.29, 0.717) is 12.2 Å². The molecule has 0 aliphatic carbocycles. The molecule has 2 heteroatoms. The summed E-state index contributed by atoms with van der Waals surface area (Å²) in [6.07, 6.45) is 27.6. The molecular weight excluding hydrogens is 368 g/mol. The highest BCUT2D eigenvalue weighted by atomic mass is 16.5. The van der Waals surface area contributed by atoms with Crippen molar-refractivity contribution in [3.63, 3.8) is 0 Å². The number of unbranched alkanes of at least 4 members (excludes halogenated alkanes) is 16. The molecule has 1 atom stereocenters. The van der Waals surface area contributed by atoms with Crippen molar-refractivity contribution in [2.45, 2.75) is 149 Å². The van der Waals surface area contributed by atoms with Crippen LogP contribution in [0.1, 0.15) is 149 Å². The molecule has 0 heterocycles. The number of hydrogen-bond acceptors (Lipinski definition) is 2. The molecule has 0 rings (SSSR count). The molecule has 1 unspecified atom stereocenters. The zero-order valence-electron chi connectivity index (χ0n) is 21.0. The van der Waals surface area contributed by atoms with Gasteiger partial charge in [-0.15, -0.1) is 0 Å². The predicted octanol–water partition coefficient (Wildman–Crippen LogP) is 9.56. The highest BCUT2D eigenvalue weighted by molar-refractivity contribution is 5.86. The van der Waals surface area contributed by atoms with E-state index in [1.54, 1.807) is 6.92 Å². The van der Waals surface area contributed by atoms with E-state index >= 15 is 0 Å². The molecule has 178 valence electrons. The van der Waals surface area contributed by atoms with Crippen LogP contribution in [0.25, 0.3) is 0 Å². The summed E-state index contributed by atoms with van der Waals surface area (Å²) in [5.74, 6) is 0.665. The first-order chi connectivity index (χ1) is 14.6. The van der Waals surface area contributed by atoms with Gasteiger partial charge in [-0.1, -0.05) is 142 Å². The summed E-state index contributed by atoms with van der Waals surface area (Å²) in [7, 11) is 0. The van der Waals surface area contributed by atoms with E-state index in [4.69, 9.17) is 4.74 Å². The molecule has 0 aromatic heterocycles. The number of carbonyl (C=O) groups is 1. The van der Waals surface area contributed by atoms with Gasteiger partial charge in [0.25, 0.3) is 0 Å². The van der Waals surface area contributed by atoms with E-state index in [-0.39, 0.29) is 5.97 Å². The maximum absolute atomic E-state index is 11.3. The van der Waals surface area contributed by atoms with Gasteiger partial charge >= 0.3 is 5.97 Å². The van der Waals surface area contributed by atoms with Crippen LogP contribution in [-0.2, 0) is 9.53 Å². The van der Waals surface area contributed by atoms with Gasteiger partial charge < -0.3 is 4.74 Å². The minimum absolute atomic E-state index is 0.252. The van der Waals surface area contributed by atoms with Crippen LogP contribution < -0.4 is 0 Å². The topological polar surface area (TPSA) is 26.3 Å². The van der Waals surface area contributed by atoms with Crippen LogP contribution in [-0.4, -0.2) is 12.6 Å². The van der Waals surface area contributed by atoms with Crippen LogP contribution >= 0.6 is 0 Å². The van der Waals surface area contributed by atoms with Crippen molar-refractivity contribution in [2.24, 2.45) is 5.92 Å². The molecule has 2 nitrogen and oxygen atoms in total. The van der Waals surface area contributed by atoms with Gasteiger partial charge in [0.1, 0.15) is 0 Å². The lowest BCUT2D eigenvalue weighted by molar-refractivity contribution is -0.139. The third-order valence-electron chi connectivity index (χ3n) is 6.22. The van der Waals surface area contributed by atoms with Crippen LogP contribution in [0.3, 0.4) is 0 Å². The molecule has 0 bridgehead atoms. The first kappa shape index (κ1) is 29.2. The summed E-state index contributed by atoms with van der Waals surface area (Å²) in [4.78, 5) is 11.3. The molecule has 0 fully saturated rings. The first-order valence-corrected chi connectivity index (χ1v) is 13.4. The zero-order chi connectivity index (χ0) is 22.3. The van der Waals surface area contributed by atoms with Gasteiger partial charge in [0.05, 0.1) is 6.61 Å². The van der Waals surface area contributed by atoms with Gasteiger partial charge in [0.15, 0.2) is 0 Å². The Hall–Kier alpha value is -0.790. The molecule has 0 saturated heterocycles. The summed E-state index contributed by atoms with van der Waals surface area (Å²) in [6, 6.07) is 0. The lowest BCUT2D eigenvalue weighted by Gasteiger charge is -2.11. The highest BCUT2D eigenvalue weighted by Crippen LogP contribution is 2.19. The third kappa shape index (κ3) is 21.9. The smallest absolute Gasteiger partial charge is 0.333 e. The normalized spacial score (nSPS) is 12.1. The lowest BCUT2D eigenvalue weighted by Crippen LogP contribution is -2.05. The Morgan fingerprint density at radius 2 is 1.03 bits per heavy atom. The summed E-state index contributed by atoms with van der Waals surface area (Å²) in [6.45, 7) is 10.6. The Bertz CT molecular complexity index is 388. The fourth-order valence-electron chi connectivity index (χ4n) is 4.07. The van der Waals surface area contributed by atoms with Gasteiger partial charge in [0, 0.05) is 5.57 Å². The SMILES string of the molecule is C=C(C)C(=O)OCCCCCCCCCCC(C)CCCCCCCCCCCC. The van der Waals surface area contributed by atoms with Crippen molar-refractivity contribution in [1.82, 2.24) is 0 Å². The predicted molar refractivity (Wildman–Crippen MR) is 133 cm³/mol. The van der Waals surface area contributed by atoms with Crippen molar-refractivity contribution in [1.29, 1.82) is 0 Å². The Morgan fingerprint density at radius 3 is 1.43 bits per heavy atom. The Balaban J connectivity index is 3.20. The van der Waals surface area contributed by atoms with Crippen molar-refractivity contribution in [3.05, 3.63) is 12.2 Å². The molecular formula is C28H54O2. The van der Waals surface area contributed by atoms with E-state index < -0.39 is 0 Å². The number of carbonyl (C=O) groups excluding carboxylic acids is 1. The highest BCUT2D eigenvalue weighted by Gasteiger charge is 2.03. The van der Waals surface area contributed by atoms with Crippen LogP contribution in [0.4, 0.5) is 0 Å². The van der Waals surface area contributed by atoms with Crippen molar-refractivity contribution in [2.75, 3.05) is 6.61 Å². The minimum atomic E-state index is -0.252. The van der Waals surface area contributed by atoms with Gasteiger partial charge in [0.2, 0.25) is 0 Å². The monoisotopic (exact) mass is 422 g/mol. The average molecular weight is 423 g/mol. The third-order valence-corrected chi connectivity index (χ3v) is 6.22. The van der Waals surface area contributed by atoms with Crippen molar-refractivity contribution in [3.8, 4) is 0 Å². The fourth-order valence-corrected chi connectivity index (χ4v) is 4.07. The van der Waals surface area contributed by atoms with Crippen molar-refractivity contribution >= 4 is 5.97 Å². The maximum atomic E-state index is 11.3. The summed E-state index contributed by atoms with van der Waals surface area (Å²) >= 11 is 0. The average Bonchev–Trinajstić information content (AvgIpc) is 2.73. The van der Waals surface area contributed by atoms with E-state index in [1.165, 1.54) is 122 Å². The molecule has 0 aliphatic rings. The zero-order valence-corrected chi connectivity index (χ0v) is 21.0. The van der Waals surface area contributed by atoms with Crippen molar-refractivity contribution < 1.29 is 9.53 Å². The molecule has 0 aromatic rings. The maximum Gasteiger partial charge on any atom is 0.333 e. The second kappa shape index (κ2) is 22.9. The Labute approximate surface area is 189 Å². The Morgan fingerprint density at radius 1 is 0.667 bits per heavy atom. The van der Waals surface area contributed by atoms with Crippen LogP contribution in [0.15, 0.2) is 12.2 Å². The molecule has 0 saturated carbocycles. The van der Waals surface area contributed by atoms with E-state index in [1.807, 2.05) is 0 Å². The lowest BCUT2D eigenvalue weighted by atomic mass is 9.95. The first-order valence-electron chi connectivity index (χ1n) is 13.4. The van der Waals surface area contributed by atoms with E-state index in [2.05, 4.69) is 20.4 Å². The fraction of sp³-hybridized carbons (Fsp3) is 0.893. The Kier molecular flexibility index (Phi) is 22.3. The quantitative estimate of drug-likeness (QED) is 0.0930. The second-order valence-electron chi connectivity index (χ2n) is 9.61. The second-order valence-corrected chi connectivity index (χ2v) is 9.61. The summed E-state index contributed by atoms with van der Waals surface area (Å²) in [5.41, 5.74) is 0.493. The number of ether oxygens (including phenoxy) is 1. The summed E-state index contributed by atoms with van der Waals surface area (Å²) in [5, 5.41) is 0.